The minimum atomic E-state index is -0.453. The summed E-state index contributed by atoms with van der Waals surface area (Å²) < 4.78 is 1.86. The van der Waals surface area contributed by atoms with Gasteiger partial charge in [0.2, 0.25) is 5.91 Å². The number of aromatic nitrogens is 3. The van der Waals surface area contributed by atoms with E-state index in [0.717, 1.165) is 35.0 Å². The third-order valence-corrected chi connectivity index (χ3v) is 5.79. The number of para-hydroxylation sites is 1. The number of amides is 2. The van der Waals surface area contributed by atoms with Gasteiger partial charge in [-0.1, -0.05) is 41.6 Å². The summed E-state index contributed by atoms with van der Waals surface area (Å²) in [7, 11) is 0. The monoisotopic (exact) mass is 425 g/mol. The van der Waals surface area contributed by atoms with Crippen molar-refractivity contribution < 1.29 is 9.59 Å². The molecule has 1 fully saturated rings. The van der Waals surface area contributed by atoms with Gasteiger partial charge >= 0.3 is 0 Å². The molecule has 2 N–H and O–H groups in total. The first-order valence-electron chi connectivity index (χ1n) is 10.7. The summed E-state index contributed by atoms with van der Waals surface area (Å²) in [5.41, 5.74) is 10.3. The lowest BCUT2D eigenvalue weighted by Crippen LogP contribution is -2.32. The van der Waals surface area contributed by atoms with Gasteiger partial charge in [-0.2, -0.15) is 0 Å². The Labute approximate surface area is 185 Å². The molecule has 32 heavy (non-hydrogen) atoms. The van der Waals surface area contributed by atoms with E-state index in [-0.39, 0.29) is 11.9 Å². The Hall–Kier alpha value is -4.00. The number of rotatable bonds is 7. The van der Waals surface area contributed by atoms with Crippen LogP contribution in [0.5, 0.6) is 0 Å². The van der Waals surface area contributed by atoms with E-state index in [1.165, 1.54) is 0 Å². The Morgan fingerprint density at radius 3 is 2.25 bits per heavy atom. The van der Waals surface area contributed by atoms with Gasteiger partial charge < -0.3 is 10.6 Å². The van der Waals surface area contributed by atoms with Gasteiger partial charge in [0.1, 0.15) is 5.52 Å². The van der Waals surface area contributed by atoms with Gasteiger partial charge in [0.05, 0.1) is 12.1 Å². The molecule has 3 aromatic carbocycles. The molecule has 0 spiro atoms. The molecule has 4 aromatic rings. The van der Waals surface area contributed by atoms with Gasteiger partial charge in [0.25, 0.3) is 5.91 Å². The van der Waals surface area contributed by atoms with Crippen LogP contribution in [0.25, 0.3) is 11.0 Å². The standard InChI is InChI=1S/C25H23N5O2/c26-24(31)19-9-5-17(6-10-19)15-29(21-13-14-21)25(32)20-11-7-18(8-12-20)16-30-23-4-2-1-3-22(23)27-28-30/h1-12,21H,13-16H2,(H2,26,31). The molecular formula is C25H23N5O2. The minimum Gasteiger partial charge on any atom is -0.366 e. The number of primary amides is 1. The Balaban J connectivity index is 1.30. The smallest absolute Gasteiger partial charge is 0.254 e. The van der Waals surface area contributed by atoms with Crippen molar-refractivity contribution in [3.63, 3.8) is 0 Å². The van der Waals surface area contributed by atoms with Crippen LogP contribution in [-0.2, 0) is 13.1 Å². The molecule has 2 amide bonds. The van der Waals surface area contributed by atoms with E-state index in [1.807, 2.05) is 70.2 Å². The number of hydrogen-bond acceptors (Lipinski definition) is 4. The maximum absolute atomic E-state index is 13.2. The van der Waals surface area contributed by atoms with Crippen LogP contribution in [0.15, 0.2) is 72.8 Å². The van der Waals surface area contributed by atoms with Crippen LogP contribution in [0, 0.1) is 0 Å². The maximum atomic E-state index is 13.2. The lowest BCUT2D eigenvalue weighted by atomic mass is 10.1. The van der Waals surface area contributed by atoms with Crippen LogP contribution in [0.2, 0.25) is 0 Å². The van der Waals surface area contributed by atoms with E-state index in [2.05, 4.69) is 10.3 Å². The summed E-state index contributed by atoms with van der Waals surface area (Å²) >= 11 is 0. The molecule has 0 unspecified atom stereocenters. The predicted octanol–water partition coefficient (Wildman–Crippen LogP) is 3.38. The topological polar surface area (TPSA) is 94.1 Å². The number of carbonyl (C=O) groups is 2. The van der Waals surface area contributed by atoms with Crippen LogP contribution in [0.4, 0.5) is 0 Å². The second-order valence-electron chi connectivity index (χ2n) is 8.16. The molecule has 7 nitrogen and oxygen atoms in total. The third-order valence-electron chi connectivity index (χ3n) is 5.79. The fourth-order valence-electron chi connectivity index (χ4n) is 3.85. The molecule has 0 saturated heterocycles. The normalized spacial score (nSPS) is 13.2. The van der Waals surface area contributed by atoms with Gasteiger partial charge in [0.15, 0.2) is 0 Å². The van der Waals surface area contributed by atoms with Crippen molar-refractivity contribution in [1.82, 2.24) is 19.9 Å². The van der Waals surface area contributed by atoms with Crippen molar-refractivity contribution >= 4 is 22.8 Å². The first kappa shape index (κ1) is 19.9. The highest BCUT2D eigenvalue weighted by Gasteiger charge is 2.33. The summed E-state index contributed by atoms with van der Waals surface area (Å²) in [6, 6.07) is 22.9. The lowest BCUT2D eigenvalue weighted by molar-refractivity contribution is 0.0729. The van der Waals surface area contributed by atoms with Crippen molar-refractivity contribution in [1.29, 1.82) is 0 Å². The summed E-state index contributed by atoms with van der Waals surface area (Å²) in [6.07, 6.45) is 2.03. The number of nitrogens with zero attached hydrogens (tertiary/aromatic N) is 4. The van der Waals surface area contributed by atoms with E-state index in [0.29, 0.717) is 24.2 Å². The Bertz CT molecular complexity index is 1270. The van der Waals surface area contributed by atoms with Crippen molar-refractivity contribution in [3.05, 3.63) is 95.1 Å². The summed E-state index contributed by atoms with van der Waals surface area (Å²) in [4.78, 5) is 26.4. The molecule has 0 bridgehead atoms. The minimum absolute atomic E-state index is 0.0178. The molecule has 1 heterocycles. The molecular weight excluding hydrogens is 402 g/mol. The summed E-state index contributed by atoms with van der Waals surface area (Å²) in [5, 5.41) is 8.43. The highest BCUT2D eigenvalue weighted by atomic mass is 16.2. The summed E-state index contributed by atoms with van der Waals surface area (Å²) in [6.45, 7) is 1.10. The SMILES string of the molecule is NC(=O)c1ccc(CN(C(=O)c2ccc(Cn3nnc4ccccc43)cc2)C2CC2)cc1. The van der Waals surface area contributed by atoms with Gasteiger partial charge in [0, 0.05) is 23.7 Å². The third kappa shape index (κ3) is 4.09. The summed E-state index contributed by atoms with van der Waals surface area (Å²) in [5.74, 6) is -0.435. The molecule has 0 atom stereocenters. The zero-order chi connectivity index (χ0) is 22.1. The van der Waals surface area contributed by atoms with E-state index in [9.17, 15) is 9.59 Å². The van der Waals surface area contributed by atoms with Gasteiger partial charge in [-0.15, -0.1) is 5.10 Å². The fraction of sp³-hybridized carbons (Fsp3) is 0.200. The second-order valence-corrected chi connectivity index (χ2v) is 8.16. The van der Waals surface area contributed by atoms with Crippen molar-refractivity contribution in [2.24, 2.45) is 5.73 Å². The van der Waals surface area contributed by atoms with Crippen LogP contribution in [0.1, 0.15) is 44.7 Å². The number of carbonyl (C=O) groups excluding carboxylic acids is 2. The van der Waals surface area contributed by atoms with Crippen molar-refractivity contribution in [2.75, 3.05) is 0 Å². The van der Waals surface area contributed by atoms with Crippen LogP contribution in [-0.4, -0.2) is 37.7 Å². The second kappa shape index (κ2) is 8.26. The fourth-order valence-corrected chi connectivity index (χ4v) is 3.85. The van der Waals surface area contributed by atoms with Gasteiger partial charge in [-0.05, 0) is 60.4 Å². The lowest BCUT2D eigenvalue weighted by Gasteiger charge is -2.23. The van der Waals surface area contributed by atoms with E-state index < -0.39 is 5.91 Å². The Morgan fingerprint density at radius 1 is 0.906 bits per heavy atom. The predicted molar refractivity (Wildman–Crippen MR) is 121 cm³/mol. The van der Waals surface area contributed by atoms with E-state index >= 15 is 0 Å². The van der Waals surface area contributed by atoms with Crippen LogP contribution in [0.3, 0.4) is 0 Å². The van der Waals surface area contributed by atoms with Crippen molar-refractivity contribution in [3.8, 4) is 0 Å². The van der Waals surface area contributed by atoms with Crippen molar-refractivity contribution in [2.45, 2.75) is 32.0 Å². The van der Waals surface area contributed by atoms with Gasteiger partial charge in [-0.25, -0.2) is 4.68 Å². The largest absolute Gasteiger partial charge is 0.366 e. The molecule has 0 radical (unpaired) electrons. The molecule has 1 aliphatic carbocycles. The highest BCUT2D eigenvalue weighted by molar-refractivity contribution is 5.95. The molecule has 1 saturated carbocycles. The molecule has 1 aliphatic rings. The maximum Gasteiger partial charge on any atom is 0.254 e. The van der Waals surface area contributed by atoms with E-state index in [4.69, 9.17) is 5.73 Å². The zero-order valence-electron chi connectivity index (χ0n) is 17.5. The van der Waals surface area contributed by atoms with E-state index in [1.54, 1.807) is 12.1 Å². The molecule has 7 heteroatoms. The number of nitrogens with two attached hydrogens (primary N) is 1. The number of benzene rings is 3. The number of fused-ring (bicyclic) bond motifs is 1. The highest BCUT2D eigenvalue weighted by Crippen LogP contribution is 2.30. The molecule has 160 valence electrons. The Kier molecular flexibility index (Phi) is 5.15. The quantitative estimate of drug-likeness (QED) is 0.491. The van der Waals surface area contributed by atoms with Gasteiger partial charge in [-0.3, -0.25) is 9.59 Å². The molecule has 5 rings (SSSR count). The Morgan fingerprint density at radius 2 is 1.56 bits per heavy atom. The molecule has 1 aromatic heterocycles. The first-order valence-corrected chi connectivity index (χ1v) is 10.7. The first-order chi connectivity index (χ1) is 15.6. The average Bonchev–Trinajstić information content (AvgIpc) is 3.59. The zero-order valence-corrected chi connectivity index (χ0v) is 17.5. The van der Waals surface area contributed by atoms with Crippen LogP contribution < -0.4 is 5.73 Å². The number of hydrogen-bond donors (Lipinski definition) is 1. The molecule has 0 aliphatic heterocycles. The van der Waals surface area contributed by atoms with Crippen LogP contribution >= 0.6 is 0 Å². The average molecular weight is 425 g/mol.